The van der Waals surface area contributed by atoms with E-state index in [-0.39, 0.29) is 19.1 Å². The molecule has 0 rings (SSSR count). The Morgan fingerprint density at radius 1 is 0.486 bits per heavy atom. The lowest BCUT2D eigenvalue weighted by Crippen LogP contribution is -2.45. The first kappa shape index (κ1) is 69.2. The minimum absolute atomic E-state index is 0.00213. The number of aliphatic hydroxyl groups is 1. The first-order valence-electron chi connectivity index (χ1n) is 31.1. The molecular formula is C61H123N2O6P. The summed E-state index contributed by atoms with van der Waals surface area (Å²) in [4.78, 5) is 25.4. The SMILES string of the molecule is CCCCCCCCCC/C=C/C(O)C(COP(=O)([O-])OCC[N+](C)(C)C)NC(=O)CCCCCCCCCCCCCCCCCCCCCCCCCCCCCCCCCCCCCCCC. The molecule has 70 heavy (non-hydrogen) atoms. The van der Waals surface area contributed by atoms with E-state index in [0.717, 1.165) is 38.5 Å². The van der Waals surface area contributed by atoms with Gasteiger partial charge in [-0.05, 0) is 19.3 Å². The van der Waals surface area contributed by atoms with E-state index >= 15 is 0 Å². The van der Waals surface area contributed by atoms with Crippen molar-refractivity contribution in [3.8, 4) is 0 Å². The maximum absolute atomic E-state index is 12.9. The summed E-state index contributed by atoms with van der Waals surface area (Å²) in [6.45, 7) is 4.66. The molecule has 1 amide bonds. The summed E-state index contributed by atoms with van der Waals surface area (Å²) in [5.41, 5.74) is 0. The average molecular weight is 1010 g/mol. The van der Waals surface area contributed by atoms with Gasteiger partial charge < -0.3 is 28.8 Å². The number of amides is 1. The molecule has 9 heteroatoms. The fourth-order valence-corrected chi connectivity index (χ4v) is 10.4. The molecule has 3 unspecified atom stereocenters. The third kappa shape index (κ3) is 55.0. The van der Waals surface area contributed by atoms with Crippen LogP contribution in [-0.2, 0) is 18.4 Å². The van der Waals surface area contributed by atoms with E-state index in [9.17, 15) is 19.4 Å². The van der Waals surface area contributed by atoms with Crippen LogP contribution in [0.5, 0.6) is 0 Å². The van der Waals surface area contributed by atoms with E-state index in [0.29, 0.717) is 17.4 Å². The molecule has 2 N–H and O–H groups in total. The molecule has 0 bridgehead atoms. The molecule has 0 fully saturated rings. The second kappa shape index (κ2) is 53.1. The Bertz CT molecular complexity index is 1150. The second-order valence-electron chi connectivity index (χ2n) is 22.8. The van der Waals surface area contributed by atoms with Crippen molar-refractivity contribution in [2.24, 2.45) is 0 Å². The molecule has 418 valence electrons. The molecule has 0 radical (unpaired) electrons. The van der Waals surface area contributed by atoms with Gasteiger partial charge in [0.25, 0.3) is 7.82 Å². The lowest BCUT2D eigenvalue weighted by molar-refractivity contribution is -0.870. The third-order valence-electron chi connectivity index (χ3n) is 14.5. The molecular weight excluding hydrogens is 888 g/mol. The highest BCUT2D eigenvalue weighted by atomic mass is 31.2. The Labute approximate surface area is 437 Å². The van der Waals surface area contributed by atoms with Gasteiger partial charge in [-0.1, -0.05) is 309 Å². The molecule has 0 aliphatic carbocycles. The van der Waals surface area contributed by atoms with E-state index in [1.165, 1.54) is 263 Å². The standard InChI is InChI=1S/C61H123N2O6P/c1-6-8-10-12-14-16-18-19-20-21-22-23-24-25-26-27-28-29-30-31-32-33-34-35-36-37-38-39-40-41-42-43-44-45-47-49-51-53-55-61(65)62-59(58-69-70(66,67)68-57-56-63(3,4)5)60(64)54-52-50-48-46-17-15-13-11-9-7-2/h52,54,59-60,64H,6-51,53,55-58H2,1-5H3,(H-,62,65,66,67)/b54-52+. The van der Waals surface area contributed by atoms with Crippen LogP contribution in [0, 0.1) is 0 Å². The van der Waals surface area contributed by atoms with Gasteiger partial charge in [-0.2, -0.15) is 0 Å². The predicted octanol–water partition coefficient (Wildman–Crippen LogP) is 18.4. The number of carbonyl (C=O) groups excluding carboxylic acids is 1. The van der Waals surface area contributed by atoms with Gasteiger partial charge in [-0.15, -0.1) is 0 Å². The summed E-state index contributed by atoms with van der Waals surface area (Å²) in [7, 11) is 1.28. The number of hydrogen-bond acceptors (Lipinski definition) is 6. The third-order valence-corrected chi connectivity index (χ3v) is 15.5. The van der Waals surface area contributed by atoms with Crippen molar-refractivity contribution in [2.75, 3.05) is 40.9 Å². The van der Waals surface area contributed by atoms with E-state index in [2.05, 4.69) is 19.2 Å². The number of allylic oxidation sites excluding steroid dienone is 1. The zero-order chi connectivity index (χ0) is 51.3. The maximum Gasteiger partial charge on any atom is 0.268 e. The monoisotopic (exact) mass is 1010 g/mol. The molecule has 8 nitrogen and oxygen atoms in total. The fourth-order valence-electron chi connectivity index (χ4n) is 9.63. The normalized spacial score (nSPS) is 13.9. The summed E-state index contributed by atoms with van der Waals surface area (Å²) in [5.74, 6) is -0.192. The summed E-state index contributed by atoms with van der Waals surface area (Å²) < 4.78 is 23.3. The Hall–Kier alpha value is -0.760. The van der Waals surface area contributed by atoms with E-state index in [1.54, 1.807) is 6.08 Å². The molecule has 0 spiro atoms. The summed E-state index contributed by atoms with van der Waals surface area (Å²) in [5, 5.41) is 13.8. The minimum Gasteiger partial charge on any atom is -0.756 e. The van der Waals surface area contributed by atoms with Crippen LogP contribution in [0.3, 0.4) is 0 Å². The first-order chi connectivity index (χ1) is 34.0. The van der Waals surface area contributed by atoms with Gasteiger partial charge in [0.05, 0.1) is 39.9 Å². The molecule has 3 atom stereocenters. The van der Waals surface area contributed by atoms with Gasteiger partial charge >= 0.3 is 0 Å². The van der Waals surface area contributed by atoms with Gasteiger partial charge in [0.15, 0.2) is 0 Å². The first-order valence-corrected chi connectivity index (χ1v) is 32.5. The van der Waals surface area contributed by atoms with Gasteiger partial charge in [-0.3, -0.25) is 9.36 Å². The van der Waals surface area contributed by atoms with Gasteiger partial charge in [0.1, 0.15) is 13.2 Å². The molecule has 0 heterocycles. The number of quaternary nitrogens is 1. The number of likely N-dealkylation sites (N-methyl/N-ethyl adjacent to an activating group) is 1. The molecule has 0 saturated carbocycles. The van der Waals surface area contributed by atoms with Crippen molar-refractivity contribution in [3.05, 3.63) is 12.2 Å². The number of phosphoric acid groups is 1. The van der Waals surface area contributed by atoms with Crippen molar-refractivity contribution in [1.82, 2.24) is 5.32 Å². The van der Waals surface area contributed by atoms with Gasteiger partial charge in [0, 0.05) is 6.42 Å². The number of rotatable bonds is 58. The average Bonchev–Trinajstić information content (AvgIpc) is 3.32. The predicted molar refractivity (Wildman–Crippen MR) is 302 cm³/mol. The van der Waals surface area contributed by atoms with E-state index in [4.69, 9.17) is 9.05 Å². The quantitative estimate of drug-likeness (QED) is 0.0272. The number of nitrogens with one attached hydrogen (secondary N) is 1. The topological polar surface area (TPSA) is 108 Å². The van der Waals surface area contributed by atoms with Crippen LogP contribution in [0.25, 0.3) is 0 Å². The summed E-state index contributed by atoms with van der Waals surface area (Å²) >= 11 is 0. The number of aliphatic hydroxyl groups excluding tert-OH is 1. The molecule has 0 aliphatic heterocycles. The van der Waals surface area contributed by atoms with Gasteiger partial charge in [0.2, 0.25) is 5.91 Å². The highest BCUT2D eigenvalue weighted by molar-refractivity contribution is 7.45. The van der Waals surface area contributed by atoms with Crippen molar-refractivity contribution in [1.29, 1.82) is 0 Å². The van der Waals surface area contributed by atoms with Crippen LogP contribution in [-0.4, -0.2) is 68.5 Å². The lowest BCUT2D eigenvalue weighted by atomic mass is 10.0. The highest BCUT2D eigenvalue weighted by Gasteiger charge is 2.23. The number of unbranched alkanes of at least 4 members (excludes halogenated alkanes) is 45. The van der Waals surface area contributed by atoms with Crippen LogP contribution in [0.1, 0.15) is 322 Å². The fraction of sp³-hybridized carbons (Fsp3) is 0.951. The minimum atomic E-state index is -4.58. The highest BCUT2D eigenvalue weighted by Crippen LogP contribution is 2.38. The van der Waals surface area contributed by atoms with E-state index in [1.807, 2.05) is 27.2 Å². The van der Waals surface area contributed by atoms with Crippen molar-refractivity contribution < 1.29 is 32.9 Å². The second-order valence-corrected chi connectivity index (χ2v) is 24.2. The van der Waals surface area contributed by atoms with Gasteiger partial charge in [-0.25, -0.2) is 0 Å². The number of hydrogen-bond donors (Lipinski definition) is 2. The summed E-state index contributed by atoms with van der Waals surface area (Å²) in [6.07, 6.45) is 66.3. The summed E-state index contributed by atoms with van der Waals surface area (Å²) in [6, 6.07) is -0.880. The van der Waals surface area contributed by atoms with Crippen molar-refractivity contribution in [3.63, 3.8) is 0 Å². The maximum atomic E-state index is 12.9. The smallest absolute Gasteiger partial charge is 0.268 e. The Balaban J connectivity index is 3.78. The Kier molecular flexibility index (Phi) is 52.5. The van der Waals surface area contributed by atoms with Crippen molar-refractivity contribution >= 4 is 13.7 Å². The molecule has 0 saturated heterocycles. The lowest BCUT2D eigenvalue weighted by Gasteiger charge is -2.29. The number of carbonyl (C=O) groups is 1. The largest absolute Gasteiger partial charge is 0.756 e. The van der Waals surface area contributed by atoms with Crippen LogP contribution >= 0.6 is 7.82 Å². The zero-order valence-corrected chi connectivity index (χ0v) is 48.6. The van der Waals surface area contributed by atoms with Crippen LogP contribution in [0.4, 0.5) is 0 Å². The number of nitrogens with zero attached hydrogens (tertiary/aromatic N) is 1. The van der Waals surface area contributed by atoms with E-state index < -0.39 is 20.0 Å². The number of phosphoric ester groups is 1. The Morgan fingerprint density at radius 3 is 1.07 bits per heavy atom. The van der Waals surface area contributed by atoms with Crippen LogP contribution < -0.4 is 10.2 Å². The Morgan fingerprint density at radius 2 is 0.771 bits per heavy atom. The van der Waals surface area contributed by atoms with Crippen LogP contribution in [0.15, 0.2) is 12.2 Å². The van der Waals surface area contributed by atoms with Crippen LogP contribution in [0.2, 0.25) is 0 Å². The molecule has 0 aromatic carbocycles. The van der Waals surface area contributed by atoms with Crippen molar-refractivity contribution in [2.45, 2.75) is 334 Å². The molecule has 0 aliphatic rings. The molecule has 0 aromatic rings. The zero-order valence-electron chi connectivity index (χ0n) is 47.8. The molecule has 0 aromatic heterocycles.